The number of hydrogen-bond donors (Lipinski definition) is 2. The van der Waals surface area contributed by atoms with Gasteiger partial charge in [0.15, 0.2) is 0 Å². The summed E-state index contributed by atoms with van der Waals surface area (Å²) < 4.78 is 5.79. The van der Waals surface area contributed by atoms with Crippen molar-refractivity contribution in [3.63, 3.8) is 0 Å². The maximum atomic E-state index is 12.5. The number of nitrogens with zero attached hydrogens (tertiary/aromatic N) is 1. The first-order valence-corrected chi connectivity index (χ1v) is 12.7. The number of rotatable bonds is 7. The molecule has 0 radical (unpaired) electrons. The molecule has 0 fully saturated rings. The predicted octanol–water partition coefficient (Wildman–Crippen LogP) is 3.46. The van der Waals surface area contributed by atoms with Gasteiger partial charge in [-0.2, -0.15) is 11.8 Å². The average molecular weight is 456 g/mol. The quantitative estimate of drug-likeness (QED) is 0.533. The van der Waals surface area contributed by atoms with Crippen molar-refractivity contribution < 1.29 is 9.53 Å². The number of aromatic amines is 1. The molecule has 2 aliphatic rings. The molecule has 0 saturated carbocycles. The summed E-state index contributed by atoms with van der Waals surface area (Å²) in [5, 5.41) is 3.82. The molecule has 1 atom stereocenters. The molecule has 162 valence electrons. The summed E-state index contributed by atoms with van der Waals surface area (Å²) in [6, 6.07) is 8.08. The molecule has 1 aliphatic carbocycles. The minimum Gasteiger partial charge on any atom is -0.493 e. The summed E-state index contributed by atoms with van der Waals surface area (Å²) in [7, 11) is 0. The van der Waals surface area contributed by atoms with Crippen LogP contribution in [0.25, 0.3) is 10.2 Å². The van der Waals surface area contributed by atoms with Crippen LogP contribution in [0.2, 0.25) is 0 Å². The molecule has 3 aromatic rings. The van der Waals surface area contributed by atoms with Crippen LogP contribution >= 0.6 is 23.1 Å². The Labute approximate surface area is 188 Å². The molecule has 0 saturated heterocycles. The third kappa shape index (κ3) is 4.50. The van der Waals surface area contributed by atoms with Gasteiger partial charge in [-0.15, -0.1) is 11.3 Å². The number of hydrogen-bond acceptors (Lipinski definition) is 6. The number of H-pyrrole nitrogens is 1. The lowest BCUT2D eigenvalue weighted by molar-refractivity contribution is -0.120. The molecule has 0 bridgehead atoms. The van der Waals surface area contributed by atoms with Crippen molar-refractivity contribution in [1.82, 2.24) is 15.3 Å². The largest absolute Gasteiger partial charge is 0.493 e. The topological polar surface area (TPSA) is 84.1 Å². The molecule has 31 heavy (non-hydrogen) atoms. The number of fused-ring (bicyclic) bond motifs is 4. The van der Waals surface area contributed by atoms with E-state index in [9.17, 15) is 9.59 Å². The van der Waals surface area contributed by atoms with Gasteiger partial charge in [0.2, 0.25) is 5.91 Å². The fourth-order valence-electron chi connectivity index (χ4n) is 4.32. The van der Waals surface area contributed by atoms with Crippen molar-refractivity contribution in [2.24, 2.45) is 5.92 Å². The number of aromatic nitrogens is 2. The second-order valence-electron chi connectivity index (χ2n) is 8.15. The molecule has 1 amide bonds. The molecule has 2 N–H and O–H groups in total. The highest BCUT2D eigenvalue weighted by Crippen LogP contribution is 2.34. The summed E-state index contributed by atoms with van der Waals surface area (Å²) in [6.45, 7) is 1.27. The van der Waals surface area contributed by atoms with E-state index in [-0.39, 0.29) is 11.5 Å². The highest BCUT2D eigenvalue weighted by Gasteiger charge is 2.21. The Kier molecular flexibility index (Phi) is 6.00. The van der Waals surface area contributed by atoms with E-state index >= 15 is 0 Å². The highest BCUT2D eigenvalue weighted by molar-refractivity contribution is 7.98. The van der Waals surface area contributed by atoms with Crippen molar-refractivity contribution in [3.05, 3.63) is 56.4 Å². The van der Waals surface area contributed by atoms with E-state index in [1.54, 1.807) is 23.1 Å². The Bertz CT molecular complexity index is 1170. The molecule has 3 heterocycles. The van der Waals surface area contributed by atoms with E-state index in [2.05, 4.69) is 21.4 Å². The van der Waals surface area contributed by atoms with Crippen molar-refractivity contribution in [3.8, 4) is 5.75 Å². The van der Waals surface area contributed by atoms with Crippen molar-refractivity contribution in [2.45, 2.75) is 37.9 Å². The molecule has 0 spiro atoms. The summed E-state index contributed by atoms with van der Waals surface area (Å²) in [6.07, 6.45) is 4.57. The molecule has 1 aromatic carbocycles. The van der Waals surface area contributed by atoms with Crippen LogP contribution in [0.1, 0.15) is 34.7 Å². The van der Waals surface area contributed by atoms with E-state index in [4.69, 9.17) is 4.74 Å². The van der Waals surface area contributed by atoms with Crippen LogP contribution in [-0.2, 0) is 29.8 Å². The van der Waals surface area contributed by atoms with Gasteiger partial charge in [0.05, 0.1) is 17.7 Å². The zero-order valence-electron chi connectivity index (χ0n) is 17.2. The Balaban J connectivity index is 1.06. The molecule has 5 rings (SSSR count). The van der Waals surface area contributed by atoms with Gasteiger partial charge in [-0.05, 0) is 42.9 Å². The molecule has 8 heteroatoms. The van der Waals surface area contributed by atoms with Gasteiger partial charge < -0.3 is 15.0 Å². The molecular weight excluding hydrogens is 430 g/mol. The van der Waals surface area contributed by atoms with Gasteiger partial charge in [-0.3, -0.25) is 9.59 Å². The fourth-order valence-corrected chi connectivity index (χ4v) is 6.40. The van der Waals surface area contributed by atoms with Crippen LogP contribution in [-0.4, -0.2) is 34.8 Å². The lowest BCUT2D eigenvalue weighted by Gasteiger charge is -2.25. The van der Waals surface area contributed by atoms with Gasteiger partial charge in [-0.1, -0.05) is 18.2 Å². The molecule has 1 unspecified atom stereocenters. The van der Waals surface area contributed by atoms with E-state index < -0.39 is 0 Å². The maximum absolute atomic E-state index is 12.5. The second kappa shape index (κ2) is 9.04. The number of ether oxygens (including phenoxy) is 1. The SMILES string of the molecule is O=C(CCSCc1nc2sc3c(c2c(=O)[nH]1)CCC3)NCC1COc2ccccc2C1. The number of thioether (sulfide) groups is 1. The number of nitrogens with one attached hydrogen (secondary N) is 2. The predicted molar refractivity (Wildman–Crippen MR) is 125 cm³/mol. The Morgan fingerprint density at radius 3 is 3.16 bits per heavy atom. The summed E-state index contributed by atoms with van der Waals surface area (Å²) in [4.78, 5) is 34.5. The van der Waals surface area contributed by atoms with E-state index in [0.717, 1.165) is 41.6 Å². The van der Waals surface area contributed by atoms with Crippen LogP contribution in [0.15, 0.2) is 29.1 Å². The van der Waals surface area contributed by atoms with E-state index in [1.165, 1.54) is 16.0 Å². The molecule has 6 nitrogen and oxygen atoms in total. The van der Waals surface area contributed by atoms with Crippen molar-refractivity contribution >= 4 is 39.2 Å². The van der Waals surface area contributed by atoms with Crippen molar-refractivity contribution in [1.29, 1.82) is 0 Å². The number of carbonyl (C=O) groups is 1. The van der Waals surface area contributed by atoms with Crippen LogP contribution < -0.4 is 15.6 Å². The fraction of sp³-hybridized carbons (Fsp3) is 0.435. The summed E-state index contributed by atoms with van der Waals surface area (Å²) in [5.74, 6) is 3.31. The third-order valence-corrected chi connectivity index (χ3v) is 8.04. The van der Waals surface area contributed by atoms with Gasteiger partial charge in [0, 0.05) is 29.5 Å². The minimum absolute atomic E-state index is 0.0194. The number of benzene rings is 1. The first kappa shape index (κ1) is 20.6. The average Bonchev–Trinajstić information content (AvgIpc) is 3.36. The smallest absolute Gasteiger partial charge is 0.259 e. The Morgan fingerprint density at radius 2 is 2.23 bits per heavy atom. The number of amides is 1. The molecule has 1 aliphatic heterocycles. The maximum Gasteiger partial charge on any atom is 0.259 e. The van der Waals surface area contributed by atoms with Crippen LogP contribution in [0.3, 0.4) is 0 Å². The van der Waals surface area contributed by atoms with E-state index in [0.29, 0.717) is 42.8 Å². The highest BCUT2D eigenvalue weighted by atomic mass is 32.2. The zero-order chi connectivity index (χ0) is 21.2. The zero-order valence-corrected chi connectivity index (χ0v) is 18.9. The minimum atomic E-state index is -0.0194. The Morgan fingerprint density at radius 1 is 1.32 bits per heavy atom. The third-order valence-electron chi connectivity index (χ3n) is 5.88. The lowest BCUT2D eigenvalue weighted by atomic mass is 9.97. The first-order chi connectivity index (χ1) is 15.2. The van der Waals surface area contributed by atoms with Crippen LogP contribution in [0.5, 0.6) is 5.75 Å². The van der Waals surface area contributed by atoms with Crippen LogP contribution in [0, 0.1) is 5.92 Å². The normalized spacial score (nSPS) is 17.2. The van der Waals surface area contributed by atoms with Gasteiger partial charge >= 0.3 is 0 Å². The van der Waals surface area contributed by atoms with Gasteiger partial charge in [0.25, 0.3) is 5.56 Å². The lowest BCUT2D eigenvalue weighted by Crippen LogP contribution is -2.34. The number of carbonyl (C=O) groups excluding carboxylic acids is 1. The van der Waals surface area contributed by atoms with Gasteiger partial charge in [0.1, 0.15) is 16.4 Å². The number of thiophene rings is 1. The van der Waals surface area contributed by atoms with Crippen molar-refractivity contribution in [2.75, 3.05) is 18.9 Å². The number of para-hydroxylation sites is 1. The molecule has 2 aromatic heterocycles. The van der Waals surface area contributed by atoms with Crippen LogP contribution in [0.4, 0.5) is 0 Å². The molecular formula is C23H25N3O3S2. The summed E-state index contributed by atoms with van der Waals surface area (Å²) >= 11 is 3.28. The number of aryl methyl sites for hydroxylation is 2. The standard InChI is InChI=1S/C23H25N3O3S2/c27-20(24-11-14-10-15-4-1-2-6-17(15)29-12-14)8-9-30-13-19-25-22(28)21-16-5-3-7-18(16)31-23(21)26-19/h1-2,4,6,14H,3,5,7-13H2,(H,24,27)(H,25,26,28). The van der Waals surface area contributed by atoms with Gasteiger partial charge in [-0.25, -0.2) is 4.98 Å². The first-order valence-electron chi connectivity index (χ1n) is 10.8. The Hall–Kier alpha value is -2.32. The summed E-state index contributed by atoms with van der Waals surface area (Å²) in [5.41, 5.74) is 2.39. The van der Waals surface area contributed by atoms with E-state index in [1.807, 2.05) is 18.2 Å². The second-order valence-corrected chi connectivity index (χ2v) is 10.3. The monoisotopic (exact) mass is 455 g/mol.